The van der Waals surface area contributed by atoms with Gasteiger partial charge in [-0.25, -0.2) is 0 Å². The van der Waals surface area contributed by atoms with Crippen molar-refractivity contribution in [3.8, 4) is 0 Å². The Bertz CT molecular complexity index is 334. The van der Waals surface area contributed by atoms with Gasteiger partial charge in [0.25, 0.3) is 0 Å². The van der Waals surface area contributed by atoms with Crippen LogP contribution in [0, 0.1) is 0 Å². The second kappa shape index (κ2) is 4.41. The van der Waals surface area contributed by atoms with E-state index in [4.69, 9.17) is 0 Å². The maximum absolute atomic E-state index is 4.01. The average Bonchev–Trinajstić information content (AvgIpc) is 2.29. The van der Waals surface area contributed by atoms with Gasteiger partial charge in [-0.05, 0) is 36.6 Å². The zero-order chi connectivity index (χ0) is 9.64. The first-order chi connectivity index (χ1) is 6.95. The fourth-order valence-corrected chi connectivity index (χ4v) is 1.21. The maximum Gasteiger partial charge on any atom is 0.0634 e. The zero-order valence-corrected chi connectivity index (χ0v) is 7.67. The van der Waals surface area contributed by atoms with Crippen LogP contribution in [0.25, 0.3) is 0 Å². The van der Waals surface area contributed by atoms with E-state index in [2.05, 4.69) is 20.4 Å². The standard InChI is InChI=1S/C10H10N4/c1-2-10(14-12-6-1)4-3-9-5-7-11-13-8-9/h1-2,5-8H,3-4H2. The first-order valence-electron chi connectivity index (χ1n) is 4.47. The van der Waals surface area contributed by atoms with Crippen LogP contribution in [0.2, 0.25) is 0 Å². The molecular formula is C10H10N4. The van der Waals surface area contributed by atoms with Crippen molar-refractivity contribution in [1.29, 1.82) is 0 Å². The van der Waals surface area contributed by atoms with Crippen molar-refractivity contribution < 1.29 is 0 Å². The van der Waals surface area contributed by atoms with Crippen molar-refractivity contribution in [3.05, 3.63) is 48.0 Å². The summed E-state index contributed by atoms with van der Waals surface area (Å²) in [5.74, 6) is 0. The molecule has 0 unspecified atom stereocenters. The predicted molar refractivity (Wildman–Crippen MR) is 51.5 cm³/mol. The van der Waals surface area contributed by atoms with Crippen LogP contribution in [0.3, 0.4) is 0 Å². The normalized spacial score (nSPS) is 10.0. The Morgan fingerprint density at radius 1 is 0.929 bits per heavy atom. The summed E-state index contributed by atoms with van der Waals surface area (Å²) in [6, 6.07) is 5.83. The topological polar surface area (TPSA) is 51.6 Å². The summed E-state index contributed by atoms with van der Waals surface area (Å²) >= 11 is 0. The van der Waals surface area contributed by atoms with Crippen molar-refractivity contribution in [3.63, 3.8) is 0 Å². The second-order valence-electron chi connectivity index (χ2n) is 2.97. The Morgan fingerprint density at radius 2 is 1.93 bits per heavy atom. The number of aryl methyl sites for hydroxylation is 2. The van der Waals surface area contributed by atoms with E-state index in [1.165, 1.54) is 5.56 Å². The molecule has 0 aliphatic heterocycles. The monoisotopic (exact) mass is 186 g/mol. The lowest BCUT2D eigenvalue weighted by Gasteiger charge is -1.98. The molecule has 2 aromatic heterocycles. The molecule has 0 N–H and O–H groups in total. The summed E-state index contributed by atoms with van der Waals surface area (Å²) in [5.41, 5.74) is 2.18. The highest BCUT2D eigenvalue weighted by molar-refractivity contribution is 5.09. The molecule has 0 bridgehead atoms. The Labute approximate surface area is 82.0 Å². The minimum atomic E-state index is 0.888. The zero-order valence-electron chi connectivity index (χ0n) is 7.67. The van der Waals surface area contributed by atoms with E-state index < -0.39 is 0 Å². The molecule has 0 fully saturated rings. The Kier molecular flexibility index (Phi) is 2.76. The smallest absolute Gasteiger partial charge is 0.0634 e. The van der Waals surface area contributed by atoms with E-state index in [9.17, 15) is 0 Å². The fraction of sp³-hybridized carbons (Fsp3) is 0.200. The lowest BCUT2D eigenvalue weighted by atomic mass is 10.1. The van der Waals surface area contributed by atoms with E-state index in [0.29, 0.717) is 0 Å². The first-order valence-corrected chi connectivity index (χ1v) is 4.47. The van der Waals surface area contributed by atoms with Gasteiger partial charge in [0.1, 0.15) is 0 Å². The van der Waals surface area contributed by atoms with Crippen molar-refractivity contribution in [2.75, 3.05) is 0 Å². The molecule has 2 heterocycles. The van der Waals surface area contributed by atoms with Gasteiger partial charge in [0.2, 0.25) is 0 Å². The Hall–Kier alpha value is -1.84. The van der Waals surface area contributed by atoms with Gasteiger partial charge >= 0.3 is 0 Å². The van der Waals surface area contributed by atoms with Gasteiger partial charge in [0.15, 0.2) is 0 Å². The van der Waals surface area contributed by atoms with E-state index in [0.717, 1.165) is 18.5 Å². The molecule has 0 aromatic carbocycles. The lowest BCUT2D eigenvalue weighted by molar-refractivity contribution is 0.848. The minimum Gasteiger partial charge on any atom is -0.159 e. The molecule has 0 radical (unpaired) electrons. The Balaban J connectivity index is 1.96. The van der Waals surface area contributed by atoms with Gasteiger partial charge in [-0.15, -0.1) is 0 Å². The molecule has 0 saturated heterocycles. The molecule has 4 nitrogen and oxygen atoms in total. The number of hydrogen-bond acceptors (Lipinski definition) is 4. The molecule has 0 saturated carbocycles. The van der Waals surface area contributed by atoms with Crippen LogP contribution in [0.4, 0.5) is 0 Å². The molecular weight excluding hydrogens is 176 g/mol. The van der Waals surface area contributed by atoms with Crippen molar-refractivity contribution in [1.82, 2.24) is 20.4 Å². The molecule has 0 spiro atoms. The number of rotatable bonds is 3. The van der Waals surface area contributed by atoms with Crippen molar-refractivity contribution in [2.24, 2.45) is 0 Å². The predicted octanol–water partition coefficient (Wildman–Crippen LogP) is 1.05. The highest BCUT2D eigenvalue weighted by atomic mass is 15.1. The quantitative estimate of drug-likeness (QED) is 0.719. The van der Waals surface area contributed by atoms with Crippen LogP contribution < -0.4 is 0 Å². The number of nitrogens with zero attached hydrogens (tertiary/aromatic N) is 4. The minimum absolute atomic E-state index is 0.888. The summed E-state index contributed by atoms with van der Waals surface area (Å²) in [5, 5.41) is 15.4. The van der Waals surface area contributed by atoms with E-state index in [-0.39, 0.29) is 0 Å². The molecule has 2 rings (SSSR count). The summed E-state index contributed by atoms with van der Waals surface area (Å²) in [7, 11) is 0. The first kappa shape index (κ1) is 8.74. The SMILES string of the molecule is c1cnnc(CCc2ccnnc2)c1. The van der Waals surface area contributed by atoms with Gasteiger partial charge in [0.05, 0.1) is 11.9 Å². The van der Waals surface area contributed by atoms with E-state index in [1.54, 1.807) is 18.6 Å². The van der Waals surface area contributed by atoms with E-state index >= 15 is 0 Å². The van der Waals surface area contributed by atoms with Gasteiger partial charge in [-0.3, -0.25) is 0 Å². The summed E-state index contributed by atoms with van der Waals surface area (Å²) in [6.45, 7) is 0. The molecule has 14 heavy (non-hydrogen) atoms. The van der Waals surface area contributed by atoms with Crippen LogP contribution >= 0.6 is 0 Å². The van der Waals surface area contributed by atoms with Gasteiger partial charge in [0, 0.05) is 12.4 Å². The molecule has 0 aliphatic rings. The van der Waals surface area contributed by atoms with Crippen LogP contribution in [0.15, 0.2) is 36.8 Å². The third kappa shape index (κ3) is 2.32. The highest BCUT2D eigenvalue weighted by Crippen LogP contribution is 2.01. The maximum atomic E-state index is 4.01. The summed E-state index contributed by atoms with van der Waals surface area (Å²) in [4.78, 5) is 0. The van der Waals surface area contributed by atoms with Crippen LogP contribution in [0.5, 0.6) is 0 Å². The molecule has 0 atom stereocenters. The molecule has 0 aliphatic carbocycles. The third-order valence-electron chi connectivity index (χ3n) is 1.94. The lowest BCUT2D eigenvalue weighted by Crippen LogP contribution is -1.96. The number of hydrogen-bond donors (Lipinski definition) is 0. The Morgan fingerprint density at radius 3 is 2.64 bits per heavy atom. The van der Waals surface area contributed by atoms with Gasteiger partial charge in [-0.2, -0.15) is 20.4 Å². The van der Waals surface area contributed by atoms with Gasteiger partial charge in [-0.1, -0.05) is 0 Å². The number of aromatic nitrogens is 4. The second-order valence-corrected chi connectivity index (χ2v) is 2.97. The van der Waals surface area contributed by atoms with Gasteiger partial charge < -0.3 is 0 Å². The van der Waals surface area contributed by atoms with Crippen molar-refractivity contribution >= 4 is 0 Å². The third-order valence-corrected chi connectivity index (χ3v) is 1.94. The fourth-order valence-electron chi connectivity index (χ4n) is 1.21. The summed E-state index contributed by atoms with van der Waals surface area (Å²) in [6.07, 6.45) is 6.97. The largest absolute Gasteiger partial charge is 0.159 e. The molecule has 2 aromatic rings. The van der Waals surface area contributed by atoms with Crippen LogP contribution in [0.1, 0.15) is 11.3 Å². The average molecular weight is 186 g/mol. The van der Waals surface area contributed by atoms with E-state index in [1.807, 2.05) is 18.2 Å². The molecule has 0 amide bonds. The van der Waals surface area contributed by atoms with Crippen LogP contribution in [-0.4, -0.2) is 20.4 Å². The summed E-state index contributed by atoms with van der Waals surface area (Å²) < 4.78 is 0. The molecule has 4 heteroatoms. The van der Waals surface area contributed by atoms with Crippen LogP contribution in [-0.2, 0) is 12.8 Å². The highest BCUT2D eigenvalue weighted by Gasteiger charge is 1.96. The van der Waals surface area contributed by atoms with Crippen molar-refractivity contribution in [2.45, 2.75) is 12.8 Å². The molecule has 70 valence electrons.